The summed E-state index contributed by atoms with van der Waals surface area (Å²) in [6.45, 7) is -0.490. The lowest BCUT2D eigenvalue weighted by Crippen LogP contribution is -2.37. The number of amides is 1. The van der Waals surface area contributed by atoms with Gasteiger partial charge in [0.2, 0.25) is 15.9 Å². The van der Waals surface area contributed by atoms with Gasteiger partial charge in [0.15, 0.2) is 0 Å². The summed E-state index contributed by atoms with van der Waals surface area (Å²) < 4.78 is 29.7. The standard InChI is InChI=1S/C18H17N3O5S/c1-26-18(23)14-6-4-7-15(10-14)20-17(22)12-21(27(2,24)25)16-8-3-5-13(9-16)11-19/h3-10H,12H2,1-2H3,(H,20,22). The van der Waals surface area contributed by atoms with Crippen LogP contribution in [0.5, 0.6) is 0 Å². The second-order valence-electron chi connectivity index (χ2n) is 5.55. The van der Waals surface area contributed by atoms with Crippen molar-refractivity contribution in [1.82, 2.24) is 0 Å². The van der Waals surface area contributed by atoms with Crippen molar-refractivity contribution in [2.24, 2.45) is 0 Å². The molecule has 0 aliphatic rings. The normalized spacial score (nSPS) is 10.6. The van der Waals surface area contributed by atoms with Gasteiger partial charge in [0.25, 0.3) is 0 Å². The van der Waals surface area contributed by atoms with Crippen molar-refractivity contribution in [2.75, 3.05) is 29.5 Å². The Kier molecular flexibility index (Phi) is 6.15. The van der Waals surface area contributed by atoms with Gasteiger partial charge in [-0.2, -0.15) is 5.26 Å². The van der Waals surface area contributed by atoms with E-state index in [0.717, 1.165) is 10.6 Å². The molecular weight excluding hydrogens is 370 g/mol. The van der Waals surface area contributed by atoms with Crippen molar-refractivity contribution in [2.45, 2.75) is 0 Å². The predicted octanol–water partition coefficient (Wildman–Crippen LogP) is 1.75. The van der Waals surface area contributed by atoms with Crippen LogP contribution >= 0.6 is 0 Å². The van der Waals surface area contributed by atoms with E-state index in [0.29, 0.717) is 5.69 Å². The highest BCUT2D eigenvalue weighted by molar-refractivity contribution is 7.92. The Morgan fingerprint density at radius 2 is 1.89 bits per heavy atom. The van der Waals surface area contributed by atoms with Crippen molar-refractivity contribution < 1.29 is 22.7 Å². The van der Waals surface area contributed by atoms with Crippen LogP contribution in [0.3, 0.4) is 0 Å². The van der Waals surface area contributed by atoms with Crippen molar-refractivity contribution in [1.29, 1.82) is 5.26 Å². The highest BCUT2D eigenvalue weighted by Gasteiger charge is 2.21. The van der Waals surface area contributed by atoms with E-state index in [-0.39, 0.29) is 16.8 Å². The van der Waals surface area contributed by atoms with Crippen LogP contribution in [0.2, 0.25) is 0 Å². The van der Waals surface area contributed by atoms with Crippen LogP contribution in [0, 0.1) is 11.3 Å². The number of nitrogens with zero attached hydrogens (tertiary/aromatic N) is 2. The van der Waals surface area contributed by atoms with Gasteiger partial charge >= 0.3 is 5.97 Å². The van der Waals surface area contributed by atoms with E-state index in [1.54, 1.807) is 12.1 Å². The Bertz CT molecular complexity index is 1010. The third kappa shape index (κ3) is 5.29. The van der Waals surface area contributed by atoms with E-state index < -0.39 is 28.4 Å². The smallest absolute Gasteiger partial charge is 0.337 e. The molecule has 0 atom stereocenters. The Labute approximate surface area is 157 Å². The number of carbonyl (C=O) groups excluding carboxylic acids is 2. The van der Waals surface area contributed by atoms with Gasteiger partial charge in [0, 0.05) is 5.69 Å². The maximum absolute atomic E-state index is 12.3. The minimum Gasteiger partial charge on any atom is -0.465 e. The molecule has 2 rings (SSSR count). The number of hydrogen-bond acceptors (Lipinski definition) is 6. The first-order valence-electron chi connectivity index (χ1n) is 7.70. The second kappa shape index (κ2) is 8.33. The molecule has 140 valence electrons. The van der Waals surface area contributed by atoms with E-state index in [1.807, 2.05) is 6.07 Å². The lowest BCUT2D eigenvalue weighted by Gasteiger charge is -2.22. The van der Waals surface area contributed by atoms with Gasteiger partial charge in [-0.25, -0.2) is 13.2 Å². The largest absolute Gasteiger partial charge is 0.465 e. The van der Waals surface area contributed by atoms with Crippen LogP contribution < -0.4 is 9.62 Å². The van der Waals surface area contributed by atoms with E-state index in [1.165, 1.54) is 43.5 Å². The third-order valence-corrected chi connectivity index (χ3v) is 4.66. The Hall–Kier alpha value is -3.38. The molecule has 2 aromatic rings. The lowest BCUT2D eigenvalue weighted by molar-refractivity contribution is -0.114. The first-order valence-corrected chi connectivity index (χ1v) is 9.55. The summed E-state index contributed by atoms with van der Waals surface area (Å²) in [4.78, 5) is 23.9. The average Bonchev–Trinajstić information content (AvgIpc) is 2.64. The zero-order valence-corrected chi connectivity index (χ0v) is 15.5. The number of ether oxygens (including phenoxy) is 1. The summed E-state index contributed by atoms with van der Waals surface area (Å²) in [6, 6.07) is 13.9. The van der Waals surface area contributed by atoms with Gasteiger partial charge in [0.1, 0.15) is 6.54 Å². The molecule has 0 bridgehead atoms. The second-order valence-corrected chi connectivity index (χ2v) is 7.46. The number of sulfonamides is 1. The van der Waals surface area contributed by atoms with Crippen molar-refractivity contribution >= 4 is 33.3 Å². The third-order valence-electron chi connectivity index (χ3n) is 3.52. The van der Waals surface area contributed by atoms with Crippen LogP contribution in [-0.2, 0) is 19.6 Å². The van der Waals surface area contributed by atoms with Crippen molar-refractivity contribution in [3.63, 3.8) is 0 Å². The van der Waals surface area contributed by atoms with E-state index in [2.05, 4.69) is 10.1 Å². The highest BCUT2D eigenvalue weighted by atomic mass is 32.2. The molecule has 1 amide bonds. The molecular formula is C18H17N3O5S. The molecule has 0 unspecified atom stereocenters. The molecule has 0 saturated carbocycles. The molecule has 8 nitrogen and oxygen atoms in total. The minimum atomic E-state index is -3.77. The molecule has 2 aromatic carbocycles. The number of methoxy groups -OCH3 is 1. The molecule has 0 aliphatic carbocycles. The number of anilines is 2. The Balaban J connectivity index is 2.22. The molecule has 1 N–H and O–H groups in total. The molecule has 0 saturated heterocycles. The van der Waals surface area contributed by atoms with Gasteiger partial charge in [-0.05, 0) is 36.4 Å². The average molecular weight is 387 g/mol. The first-order chi connectivity index (χ1) is 12.7. The van der Waals surface area contributed by atoms with Gasteiger partial charge in [-0.3, -0.25) is 9.10 Å². The summed E-state index contributed by atoms with van der Waals surface area (Å²) in [7, 11) is -2.52. The SMILES string of the molecule is COC(=O)c1cccc(NC(=O)CN(c2cccc(C#N)c2)S(C)(=O)=O)c1. The fourth-order valence-corrected chi connectivity index (χ4v) is 3.15. The van der Waals surface area contributed by atoms with Crippen LogP contribution in [0.4, 0.5) is 11.4 Å². The number of hydrogen-bond donors (Lipinski definition) is 1. The molecule has 0 spiro atoms. The number of benzene rings is 2. The van der Waals surface area contributed by atoms with E-state index >= 15 is 0 Å². The summed E-state index contributed by atoms with van der Waals surface area (Å²) >= 11 is 0. The van der Waals surface area contributed by atoms with Gasteiger partial charge in [-0.1, -0.05) is 12.1 Å². The maximum Gasteiger partial charge on any atom is 0.337 e. The lowest BCUT2D eigenvalue weighted by atomic mass is 10.2. The molecule has 0 aliphatic heterocycles. The summed E-state index contributed by atoms with van der Waals surface area (Å²) in [6.07, 6.45) is 0.969. The minimum absolute atomic E-state index is 0.204. The number of carbonyl (C=O) groups is 2. The topological polar surface area (TPSA) is 117 Å². The molecule has 0 aromatic heterocycles. The summed E-state index contributed by atoms with van der Waals surface area (Å²) in [5, 5.41) is 11.5. The Morgan fingerprint density at radius 1 is 1.19 bits per heavy atom. The van der Waals surface area contributed by atoms with Gasteiger partial charge in [0.05, 0.1) is 36.2 Å². The van der Waals surface area contributed by atoms with Crippen LogP contribution in [-0.4, -0.2) is 40.2 Å². The van der Waals surface area contributed by atoms with Crippen molar-refractivity contribution in [3.8, 4) is 6.07 Å². The molecule has 0 radical (unpaired) electrons. The Morgan fingerprint density at radius 3 is 2.52 bits per heavy atom. The molecule has 27 heavy (non-hydrogen) atoms. The monoisotopic (exact) mass is 387 g/mol. The molecule has 0 heterocycles. The summed E-state index contributed by atoms with van der Waals surface area (Å²) in [5.41, 5.74) is 1.04. The number of nitriles is 1. The van der Waals surface area contributed by atoms with Crippen LogP contribution in [0.1, 0.15) is 15.9 Å². The number of nitrogens with one attached hydrogen (secondary N) is 1. The van der Waals surface area contributed by atoms with Crippen molar-refractivity contribution in [3.05, 3.63) is 59.7 Å². The first kappa shape index (κ1) is 19.9. The quantitative estimate of drug-likeness (QED) is 0.755. The summed E-state index contributed by atoms with van der Waals surface area (Å²) in [5.74, 6) is -1.16. The van der Waals surface area contributed by atoms with E-state index in [4.69, 9.17) is 5.26 Å². The zero-order chi connectivity index (χ0) is 20.0. The molecule has 0 fully saturated rings. The van der Waals surface area contributed by atoms with Crippen LogP contribution in [0.15, 0.2) is 48.5 Å². The number of esters is 1. The zero-order valence-electron chi connectivity index (χ0n) is 14.7. The van der Waals surface area contributed by atoms with Gasteiger partial charge in [-0.15, -0.1) is 0 Å². The predicted molar refractivity (Wildman–Crippen MR) is 99.8 cm³/mol. The fraction of sp³-hybridized carbons (Fsp3) is 0.167. The molecule has 9 heteroatoms. The van der Waals surface area contributed by atoms with Gasteiger partial charge < -0.3 is 10.1 Å². The van der Waals surface area contributed by atoms with E-state index in [9.17, 15) is 18.0 Å². The van der Waals surface area contributed by atoms with Crippen LogP contribution in [0.25, 0.3) is 0 Å². The number of rotatable bonds is 6. The fourth-order valence-electron chi connectivity index (χ4n) is 2.30. The maximum atomic E-state index is 12.3. The highest BCUT2D eigenvalue weighted by Crippen LogP contribution is 2.19.